The molecule has 0 atom stereocenters. The van der Waals surface area contributed by atoms with E-state index < -0.39 is 5.97 Å². The first-order valence-corrected chi connectivity index (χ1v) is 11.1. The molecule has 0 saturated heterocycles. The number of esters is 1. The van der Waals surface area contributed by atoms with Crippen molar-refractivity contribution >= 4 is 40.5 Å². The van der Waals surface area contributed by atoms with Crippen LogP contribution in [0.2, 0.25) is 0 Å². The van der Waals surface area contributed by atoms with E-state index in [1.807, 2.05) is 91.0 Å². The first-order chi connectivity index (χ1) is 16.2. The van der Waals surface area contributed by atoms with Gasteiger partial charge < -0.3 is 10.1 Å². The van der Waals surface area contributed by atoms with Gasteiger partial charge in [-0.2, -0.15) is 5.10 Å². The number of nitrogens with one attached hydrogen (secondary N) is 1. The number of nitrogens with zero attached hydrogens (tertiary/aromatic N) is 3. The van der Waals surface area contributed by atoms with Gasteiger partial charge in [-0.05, 0) is 49.0 Å². The number of carbonyl (C=O) groups is 1. The minimum atomic E-state index is -0.449. The molecule has 0 bridgehead atoms. The summed E-state index contributed by atoms with van der Waals surface area (Å²) in [6, 6.07) is 29.2. The topological polar surface area (TPSA) is 59.4 Å². The Kier molecular flexibility index (Phi) is 7.12. The second-order valence-corrected chi connectivity index (χ2v) is 7.62. The van der Waals surface area contributed by atoms with Gasteiger partial charge in [0.05, 0.1) is 13.2 Å². The van der Waals surface area contributed by atoms with Crippen molar-refractivity contribution in [1.29, 1.82) is 0 Å². The van der Waals surface area contributed by atoms with Crippen molar-refractivity contribution in [2.45, 2.75) is 13.5 Å². The number of ether oxygens (including phenoxy) is 1. The van der Waals surface area contributed by atoms with Crippen LogP contribution < -0.4 is 10.2 Å². The molecule has 0 aliphatic heterocycles. The van der Waals surface area contributed by atoms with Gasteiger partial charge in [0.2, 0.25) is 0 Å². The van der Waals surface area contributed by atoms with Crippen LogP contribution in [0.3, 0.4) is 0 Å². The molecule has 0 spiro atoms. The highest BCUT2D eigenvalue weighted by Gasteiger charge is 2.26. The lowest BCUT2D eigenvalue weighted by atomic mass is 10.2. The van der Waals surface area contributed by atoms with Gasteiger partial charge in [0.15, 0.2) is 10.9 Å². The summed E-state index contributed by atoms with van der Waals surface area (Å²) in [6.07, 6.45) is 1.71. The molecule has 1 aromatic heterocycles. The smallest absolute Gasteiger partial charge is 0.343 e. The summed E-state index contributed by atoms with van der Waals surface area (Å²) in [5.41, 5.74) is 3.03. The summed E-state index contributed by atoms with van der Waals surface area (Å²) >= 11 is 5.78. The van der Waals surface area contributed by atoms with Crippen LogP contribution in [0, 0.1) is 0 Å². The van der Waals surface area contributed by atoms with E-state index in [1.165, 1.54) is 0 Å². The fraction of sp³-hybridized carbons (Fsp3) is 0.115. The van der Waals surface area contributed by atoms with E-state index in [2.05, 4.69) is 5.32 Å². The van der Waals surface area contributed by atoms with Crippen molar-refractivity contribution in [3.8, 4) is 0 Å². The number of carbonyl (C=O) groups excluding carboxylic acids is 1. The van der Waals surface area contributed by atoms with Crippen LogP contribution in [0.1, 0.15) is 22.8 Å². The Bertz CT molecular complexity index is 1210. The third-order valence-electron chi connectivity index (χ3n) is 4.88. The van der Waals surface area contributed by atoms with Crippen LogP contribution in [-0.2, 0) is 11.3 Å². The second kappa shape index (κ2) is 10.6. The van der Waals surface area contributed by atoms with Gasteiger partial charge in [-0.15, -0.1) is 0 Å². The zero-order valence-electron chi connectivity index (χ0n) is 18.2. The molecule has 0 radical (unpaired) electrons. The van der Waals surface area contributed by atoms with Gasteiger partial charge in [-0.25, -0.2) is 4.79 Å². The Balaban J connectivity index is 1.77. The number of hydrogen-bond acceptors (Lipinski definition) is 4. The summed E-state index contributed by atoms with van der Waals surface area (Å²) in [4.78, 5) is 14.6. The van der Waals surface area contributed by atoms with E-state index in [9.17, 15) is 4.79 Å². The lowest BCUT2D eigenvalue weighted by Gasteiger charge is -2.24. The lowest BCUT2D eigenvalue weighted by molar-refractivity contribution is 0.0527. The number of benzene rings is 3. The first kappa shape index (κ1) is 22.2. The van der Waals surface area contributed by atoms with Crippen molar-refractivity contribution in [2.24, 2.45) is 0 Å². The second-order valence-electron chi connectivity index (χ2n) is 7.24. The number of aromatic nitrogens is 2. The Morgan fingerprint density at radius 1 is 0.970 bits per heavy atom. The SMILES string of the molecule is CCOC(=O)c1cn(Cc2ccccc2)nc1N(C(=S)Nc1ccccc1)c1ccccc1. The molecule has 0 aliphatic rings. The minimum absolute atomic E-state index is 0.264. The normalized spacial score (nSPS) is 10.5. The Labute approximate surface area is 198 Å². The Morgan fingerprint density at radius 3 is 2.21 bits per heavy atom. The molecular weight excluding hydrogens is 432 g/mol. The predicted octanol–water partition coefficient (Wildman–Crippen LogP) is 5.64. The maximum atomic E-state index is 12.9. The quantitative estimate of drug-likeness (QED) is 0.287. The molecule has 4 rings (SSSR count). The van der Waals surface area contributed by atoms with Crippen molar-refractivity contribution in [2.75, 3.05) is 16.8 Å². The van der Waals surface area contributed by atoms with Crippen LogP contribution in [0.25, 0.3) is 0 Å². The van der Waals surface area contributed by atoms with Gasteiger partial charge in [-0.1, -0.05) is 66.7 Å². The molecule has 7 heteroatoms. The molecule has 0 aliphatic carbocycles. The van der Waals surface area contributed by atoms with Crippen LogP contribution in [-0.4, -0.2) is 27.5 Å². The van der Waals surface area contributed by atoms with Gasteiger partial charge in [0.25, 0.3) is 0 Å². The molecule has 1 N–H and O–H groups in total. The Morgan fingerprint density at radius 2 is 1.58 bits per heavy atom. The molecule has 33 heavy (non-hydrogen) atoms. The highest BCUT2D eigenvalue weighted by atomic mass is 32.1. The van der Waals surface area contributed by atoms with E-state index in [1.54, 1.807) is 22.7 Å². The number of rotatable bonds is 7. The molecule has 0 unspecified atom stereocenters. The average molecular weight is 457 g/mol. The van der Waals surface area contributed by atoms with E-state index in [-0.39, 0.29) is 6.61 Å². The molecule has 3 aromatic carbocycles. The zero-order valence-corrected chi connectivity index (χ0v) is 19.0. The zero-order chi connectivity index (χ0) is 23.0. The predicted molar refractivity (Wildman–Crippen MR) is 135 cm³/mol. The third kappa shape index (κ3) is 5.45. The molecule has 1 heterocycles. The summed E-state index contributed by atoms with van der Waals surface area (Å²) in [5, 5.41) is 8.41. The molecule has 4 aromatic rings. The molecular formula is C26H24N4O2S. The molecule has 6 nitrogen and oxygen atoms in total. The van der Waals surface area contributed by atoms with Gasteiger partial charge in [0, 0.05) is 17.6 Å². The standard InChI is InChI=1S/C26H24N4O2S/c1-2-32-25(31)23-19-29(18-20-12-6-3-7-13-20)28-24(23)30(22-16-10-5-11-17-22)26(33)27-21-14-8-4-9-15-21/h3-17,19H,2,18H2,1H3,(H,27,33). The largest absolute Gasteiger partial charge is 0.462 e. The number of thiocarbonyl (C=S) groups is 1. The number of para-hydroxylation sites is 2. The van der Waals surface area contributed by atoms with Gasteiger partial charge >= 0.3 is 5.97 Å². The van der Waals surface area contributed by atoms with Crippen LogP contribution in [0.15, 0.2) is 97.2 Å². The van der Waals surface area contributed by atoms with Gasteiger partial charge in [0.1, 0.15) is 5.56 Å². The maximum Gasteiger partial charge on any atom is 0.343 e. The van der Waals surface area contributed by atoms with E-state index in [4.69, 9.17) is 22.1 Å². The number of anilines is 3. The summed E-state index contributed by atoms with van der Waals surface area (Å²) in [5.74, 6) is -0.0423. The van der Waals surface area contributed by atoms with E-state index in [0.717, 1.165) is 16.9 Å². The third-order valence-corrected chi connectivity index (χ3v) is 5.16. The van der Waals surface area contributed by atoms with Crippen LogP contribution >= 0.6 is 12.2 Å². The monoisotopic (exact) mass is 456 g/mol. The van der Waals surface area contributed by atoms with Gasteiger partial charge in [-0.3, -0.25) is 9.58 Å². The fourth-order valence-electron chi connectivity index (χ4n) is 3.39. The van der Waals surface area contributed by atoms with Crippen molar-refractivity contribution in [1.82, 2.24) is 9.78 Å². The van der Waals surface area contributed by atoms with E-state index >= 15 is 0 Å². The van der Waals surface area contributed by atoms with E-state index in [0.29, 0.717) is 23.0 Å². The maximum absolute atomic E-state index is 12.9. The summed E-state index contributed by atoms with van der Waals surface area (Å²) < 4.78 is 7.07. The highest BCUT2D eigenvalue weighted by Crippen LogP contribution is 2.29. The summed E-state index contributed by atoms with van der Waals surface area (Å²) in [7, 11) is 0. The number of hydrogen-bond donors (Lipinski definition) is 1. The van der Waals surface area contributed by atoms with Crippen LogP contribution in [0.4, 0.5) is 17.2 Å². The fourth-order valence-corrected chi connectivity index (χ4v) is 3.70. The first-order valence-electron chi connectivity index (χ1n) is 10.7. The molecule has 0 saturated carbocycles. The molecule has 0 fully saturated rings. The van der Waals surface area contributed by atoms with Crippen molar-refractivity contribution in [3.05, 3.63) is 108 Å². The minimum Gasteiger partial charge on any atom is -0.462 e. The van der Waals surface area contributed by atoms with Crippen molar-refractivity contribution < 1.29 is 9.53 Å². The van der Waals surface area contributed by atoms with Crippen LogP contribution in [0.5, 0.6) is 0 Å². The Hall–Kier alpha value is -3.97. The highest BCUT2D eigenvalue weighted by molar-refractivity contribution is 7.80. The summed E-state index contributed by atoms with van der Waals surface area (Å²) in [6.45, 7) is 2.55. The average Bonchev–Trinajstić information content (AvgIpc) is 3.24. The lowest BCUT2D eigenvalue weighted by Crippen LogP contribution is -2.32. The molecule has 166 valence electrons. The van der Waals surface area contributed by atoms with Crippen molar-refractivity contribution in [3.63, 3.8) is 0 Å². The molecule has 0 amide bonds.